The number of halogens is 2. The number of benzene rings is 2. The zero-order valence-corrected chi connectivity index (χ0v) is 15.4. The maximum absolute atomic E-state index is 14.0. The molecule has 0 radical (unpaired) electrons. The van der Waals surface area contributed by atoms with E-state index in [1.165, 1.54) is 6.07 Å². The molecule has 1 aliphatic heterocycles. The van der Waals surface area contributed by atoms with E-state index in [4.69, 9.17) is 4.74 Å². The Bertz CT molecular complexity index is 784. The van der Waals surface area contributed by atoms with Crippen LogP contribution in [-0.2, 0) is 4.79 Å². The first-order chi connectivity index (χ1) is 12.5. The third kappa shape index (κ3) is 4.55. The molecule has 1 saturated heterocycles. The Morgan fingerprint density at radius 3 is 2.85 bits per heavy atom. The summed E-state index contributed by atoms with van der Waals surface area (Å²) in [6.07, 6.45) is 0.584. The largest absolute Gasteiger partial charge is 0.484 e. The van der Waals surface area contributed by atoms with Crippen molar-refractivity contribution in [2.45, 2.75) is 18.6 Å². The fourth-order valence-electron chi connectivity index (χ4n) is 2.98. The van der Waals surface area contributed by atoms with Gasteiger partial charge in [0.25, 0.3) is 5.91 Å². The van der Waals surface area contributed by atoms with E-state index >= 15 is 0 Å². The summed E-state index contributed by atoms with van der Waals surface area (Å²) in [6, 6.07) is 11.1. The molecule has 3 rings (SSSR count). The molecule has 3 nitrogen and oxygen atoms in total. The quantitative estimate of drug-likeness (QED) is 0.793. The highest BCUT2D eigenvalue weighted by atomic mass is 32.2. The van der Waals surface area contributed by atoms with Gasteiger partial charge < -0.3 is 9.64 Å². The Morgan fingerprint density at radius 2 is 2.04 bits per heavy atom. The van der Waals surface area contributed by atoms with Gasteiger partial charge in [0.15, 0.2) is 6.61 Å². The molecular formula is C20H21F2NO2S. The van der Waals surface area contributed by atoms with Crippen molar-refractivity contribution >= 4 is 17.7 Å². The summed E-state index contributed by atoms with van der Waals surface area (Å²) < 4.78 is 33.1. The first-order valence-electron chi connectivity index (χ1n) is 8.57. The predicted molar refractivity (Wildman–Crippen MR) is 99.4 cm³/mol. The normalized spacial score (nSPS) is 17.7. The summed E-state index contributed by atoms with van der Waals surface area (Å²) in [5, 5.41) is -0.152. The molecule has 2 aromatic carbocycles. The van der Waals surface area contributed by atoms with E-state index in [0.717, 1.165) is 17.7 Å². The topological polar surface area (TPSA) is 29.5 Å². The fraction of sp³-hybridized carbons (Fsp3) is 0.350. The first kappa shape index (κ1) is 18.7. The second kappa shape index (κ2) is 8.54. The van der Waals surface area contributed by atoms with Gasteiger partial charge in [-0.3, -0.25) is 4.79 Å². The number of ether oxygens (including phenoxy) is 1. The minimum Gasteiger partial charge on any atom is -0.484 e. The monoisotopic (exact) mass is 377 g/mol. The van der Waals surface area contributed by atoms with Crippen LogP contribution in [0.1, 0.15) is 22.8 Å². The molecule has 1 fully saturated rings. The lowest BCUT2D eigenvalue weighted by molar-refractivity contribution is -0.133. The van der Waals surface area contributed by atoms with Gasteiger partial charge in [0.2, 0.25) is 0 Å². The summed E-state index contributed by atoms with van der Waals surface area (Å²) >= 11 is 1.56. The predicted octanol–water partition coefficient (Wildman–Crippen LogP) is 4.36. The SMILES string of the molecule is Cc1ccccc1OCC(=O)N1CCSC(c2cc(F)ccc2F)CC1. The van der Waals surface area contributed by atoms with Crippen LogP contribution in [0.3, 0.4) is 0 Å². The number of carbonyl (C=O) groups is 1. The van der Waals surface area contributed by atoms with E-state index in [1.807, 2.05) is 31.2 Å². The summed E-state index contributed by atoms with van der Waals surface area (Å²) in [4.78, 5) is 14.2. The van der Waals surface area contributed by atoms with Gasteiger partial charge in [-0.1, -0.05) is 18.2 Å². The molecular weight excluding hydrogens is 356 g/mol. The minimum atomic E-state index is -0.439. The zero-order chi connectivity index (χ0) is 18.5. The van der Waals surface area contributed by atoms with Crippen molar-refractivity contribution in [1.29, 1.82) is 0 Å². The lowest BCUT2D eigenvalue weighted by atomic mass is 10.1. The average molecular weight is 377 g/mol. The van der Waals surface area contributed by atoms with E-state index in [1.54, 1.807) is 16.7 Å². The van der Waals surface area contributed by atoms with Crippen LogP contribution in [-0.4, -0.2) is 36.3 Å². The number of amides is 1. The van der Waals surface area contributed by atoms with Gasteiger partial charge in [-0.25, -0.2) is 8.78 Å². The number of rotatable bonds is 4. The molecule has 0 aromatic heterocycles. The molecule has 0 aliphatic carbocycles. The van der Waals surface area contributed by atoms with Crippen LogP contribution >= 0.6 is 11.8 Å². The molecule has 1 atom stereocenters. The highest BCUT2D eigenvalue weighted by molar-refractivity contribution is 7.99. The van der Waals surface area contributed by atoms with Gasteiger partial charge in [0, 0.05) is 29.7 Å². The second-order valence-corrected chi connectivity index (χ2v) is 7.56. The summed E-state index contributed by atoms with van der Waals surface area (Å²) in [6.45, 7) is 2.99. The molecule has 1 heterocycles. The van der Waals surface area contributed by atoms with Crippen LogP contribution in [0.15, 0.2) is 42.5 Å². The number of aryl methyl sites for hydroxylation is 1. The van der Waals surface area contributed by atoms with Crippen LogP contribution in [0.2, 0.25) is 0 Å². The Labute approximate surface area is 156 Å². The van der Waals surface area contributed by atoms with E-state index < -0.39 is 11.6 Å². The van der Waals surface area contributed by atoms with Crippen molar-refractivity contribution in [3.63, 3.8) is 0 Å². The minimum absolute atomic E-state index is 0.0193. The van der Waals surface area contributed by atoms with Crippen LogP contribution in [0.25, 0.3) is 0 Å². The number of carbonyl (C=O) groups excluding carboxylic acids is 1. The van der Waals surface area contributed by atoms with E-state index in [2.05, 4.69) is 0 Å². The van der Waals surface area contributed by atoms with Crippen molar-refractivity contribution in [2.75, 3.05) is 25.4 Å². The van der Waals surface area contributed by atoms with Gasteiger partial charge in [0.1, 0.15) is 17.4 Å². The molecule has 0 N–H and O–H groups in total. The highest BCUT2D eigenvalue weighted by Gasteiger charge is 2.24. The maximum atomic E-state index is 14.0. The number of nitrogens with zero attached hydrogens (tertiary/aromatic N) is 1. The molecule has 138 valence electrons. The number of thioether (sulfide) groups is 1. The third-order valence-electron chi connectivity index (χ3n) is 4.44. The fourth-order valence-corrected chi connectivity index (χ4v) is 4.22. The van der Waals surface area contributed by atoms with Crippen molar-refractivity contribution in [2.24, 2.45) is 0 Å². The lowest BCUT2D eigenvalue weighted by Crippen LogP contribution is -2.36. The molecule has 1 unspecified atom stereocenters. The van der Waals surface area contributed by atoms with Crippen LogP contribution in [0.4, 0.5) is 8.78 Å². The molecule has 6 heteroatoms. The van der Waals surface area contributed by atoms with Gasteiger partial charge in [-0.2, -0.15) is 11.8 Å². The summed E-state index contributed by atoms with van der Waals surface area (Å²) in [5.74, 6) is 0.452. The van der Waals surface area contributed by atoms with Crippen LogP contribution < -0.4 is 4.74 Å². The van der Waals surface area contributed by atoms with Gasteiger partial charge in [-0.05, 0) is 43.2 Å². The number of hydrogen-bond donors (Lipinski definition) is 0. The first-order valence-corrected chi connectivity index (χ1v) is 9.62. The second-order valence-electron chi connectivity index (χ2n) is 6.25. The number of para-hydroxylation sites is 1. The Hall–Kier alpha value is -2.08. The molecule has 0 spiro atoms. The summed E-state index contributed by atoms with van der Waals surface area (Å²) in [7, 11) is 0. The van der Waals surface area contributed by atoms with Crippen LogP contribution in [0, 0.1) is 18.6 Å². The van der Waals surface area contributed by atoms with Gasteiger partial charge in [-0.15, -0.1) is 0 Å². The Morgan fingerprint density at radius 1 is 1.23 bits per heavy atom. The molecule has 1 amide bonds. The smallest absolute Gasteiger partial charge is 0.260 e. The molecule has 1 aliphatic rings. The lowest BCUT2D eigenvalue weighted by Gasteiger charge is -2.21. The van der Waals surface area contributed by atoms with Crippen molar-refractivity contribution < 1.29 is 18.3 Å². The van der Waals surface area contributed by atoms with Gasteiger partial charge >= 0.3 is 0 Å². The Kier molecular flexibility index (Phi) is 6.14. The Balaban J connectivity index is 1.58. The van der Waals surface area contributed by atoms with E-state index in [9.17, 15) is 13.6 Å². The molecule has 0 bridgehead atoms. The molecule has 26 heavy (non-hydrogen) atoms. The third-order valence-corrected chi connectivity index (χ3v) is 5.75. The standard InChI is InChI=1S/C20H21F2NO2S/c1-14-4-2-3-5-18(14)25-13-20(24)23-9-8-19(26-11-10-23)16-12-15(21)6-7-17(16)22/h2-7,12,19H,8-11,13H2,1H3. The van der Waals surface area contributed by atoms with E-state index in [0.29, 0.717) is 36.6 Å². The van der Waals surface area contributed by atoms with E-state index in [-0.39, 0.29) is 17.8 Å². The van der Waals surface area contributed by atoms with Crippen molar-refractivity contribution in [1.82, 2.24) is 4.90 Å². The van der Waals surface area contributed by atoms with Gasteiger partial charge in [0.05, 0.1) is 0 Å². The average Bonchev–Trinajstić information content (AvgIpc) is 2.89. The maximum Gasteiger partial charge on any atom is 0.260 e. The van der Waals surface area contributed by atoms with Crippen molar-refractivity contribution in [3.8, 4) is 5.75 Å². The zero-order valence-electron chi connectivity index (χ0n) is 14.6. The molecule has 0 saturated carbocycles. The molecule has 2 aromatic rings. The summed E-state index contributed by atoms with van der Waals surface area (Å²) in [5.41, 5.74) is 1.36. The highest BCUT2D eigenvalue weighted by Crippen LogP contribution is 2.36. The van der Waals surface area contributed by atoms with Crippen LogP contribution in [0.5, 0.6) is 5.75 Å². The van der Waals surface area contributed by atoms with Crippen molar-refractivity contribution in [3.05, 3.63) is 65.2 Å². The number of hydrogen-bond acceptors (Lipinski definition) is 3.